The van der Waals surface area contributed by atoms with E-state index in [1.807, 2.05) is 18.2 Å². The van der Waals surface area contributed by atoms with Crippen LogP contribution < -0.4 is 15.1 Å². The number of nitrogens with zero attached hydrogens (tertiary/aromatic N) is 2. The van der Waals surface area contributed by atoms with Crippen LogP contribution in [0.4, 0.5) is 45.5 Å². The van der Waals surface area contributed by atoms with E-state index in [0.717, 1.165) is 26.0 Å². The van der Waals surface area contributed by atoms with Crippen molar-refractivity contribution in [2.45, 2.75) is 41.5 Å². The zero-order valence-electron chi connectivity index (χ0n) is 51.7. The lowest BCUT2D eigenvalue weighted by Gasteiger charge is -2.31. The lowest BCUT2D eigenvalue weighted by atomic mass is 9.91. The van der Waals surface area contributed by atoms with Crippen molar-refractivity contribution in [3.05, 3.63) is 321 Å². The highest BCUT2D eigenvalue weighted by atomic mass is 79.9. The molecule has 0 amide bonds. The van der Waals surface area contributed by atoms with Crippen molar-refractivity contribution >= 4 is 174 Å². The summed E-state index contributed by atoms with van der Waals surface area (Å²) >= 11 is 7.30. The molecular formula is C86H65Br2N3. The van der Waals surface area contributed by atoms with Crippen LogP contribution in [0.15, 0.2) is 288 Å². The first-order valence-electron chi connectivity index (χ1n) is 31.2. The second kappa shape index (κ2) is 23.7. The molecule has 0 unspecified atom stereocenters. The first kappa shape index (κ1) is 57.4. The quantitative estimate of drug-likeness (QED) is 0.153. The number of aryl methyl sites for hydroxylation is 6. The highest BCUT2D eigenvalue weighted by Crippen LogP contribution is 2.51. The van der Waals surface area contributed by atoms with Crippen LogP contribution in [0.1, 0.15) is 33.4 Å². The summed E-state index contributed by atoms with van der Waals surface area (Å²) in [5.41, 5.74) is 16.9. The van der Waals surface area contributed by atoms with E-state index in [9.17, 15) is 0 Å². The molecule has 0 atom stereocenters. The van der Waals surface area contributed by atoms with Crippen molar-refractivity contribution in [1.82, 2.24) is 0 Å². The third kappa shape index (κ3) is 10.4. The van der Waals surface area contributed by atoms with Crippen LogP contribution in [0.5, 0.6) is 0 Å². The fourth-order valence-electron chi connectivity index (χ4n) is 13.8. The van der Waals surface area contributed by atoms with E-state index < -0.39 is 0 Å². The highest BCUT2D eigenvalue weighted by molar-refractivity contribution is 9.11. The van der Waals surface area contributed by atoms with Gasteiger partial charge >= 0.3 is 0 Å². The van der Waals surface area contributed by atoms with Gasteiger partial charge in [0.15, 0.2) is 0 Å². The van der Waals surface area contributed by atoms with E-state index in [1.54, 1.807) is 0 Å². The second-order valence-electron chi connectivity index (χ2n) is 24.3. The summed E-state index contributed by atoms with van der Waals surface area (Å²) in [6.45, 7) is 13.1. The molecule has 0 heterocycles. The van der Waals surface area contributed by atoms with Gasteiger partial charge in [-0.3, -0.25) is 0 Å². The number of halogens is 2. The topological polar surface area (TPSA) is 18.5 Å². The maximum atomic E-state index is 3.65. The Morgan fingerprint density at radius 2 is 0.582 bits per heavy atom. The van der Waals surface area contributed by atoms with Crippen molar-refractivity contribution < 1.29 is 0 Å². The van der Waals surface area contributed by atoms with Gasteiger partial charge < -0.3 is 15.1 Å². The molecule has 1 N–H and O–H groups in total. The van der Waals surface area contributed by atoms with Gasteiger partial charge in [-0.25, -0.2) is 0 Å². The fourth-order valence-corrected chi connectivity index (χ4v) is 14.8. The minimum absolute atomic E-state index is 1.12. The third-order valence-electron chi connectivity index (χ3n) is 18.3. The number of hydrogen-bond donors (Lipinski definition) is 1. The number of benzene rings is 17. The number of para-hydroxylation sites is 3. The molecule has 438 valence electrons. The summed E-state index contributed by atoms with van der Waals surface area (Å²) in [5.74, 6) is 0. The van der Waals surface area contributed by atoms with Crippen molar-refractivity contribution in [3.8, 4) is 0 Å². The monoisotopic (exact) mass is 1300 g/mol. The zero-order valence-corrected chi connectivity index (χ0v) is 54.9. The van der Waals surface area contributed by atoms with Gasteiger partial charge in [-0.2, -0.15) is 0 Å². The molecule has 0 saturated carbocycles. The second-order valence-corrected chi connectivity index (χ2v) is 26.0. The molecule has 5 heteroatoms. The van der Waals surface area contributed by atoms with Crippen molar-refractivity contribution in [1.29, 1.82) is 0 Å². The molecule has 0 aliphatic heterocycles. The minimum atomic E-state index is 1.12. The molecule has 3 nitrogen and oxygen atoms in total. The van der Waals surface area contributed by atoms with Crippen molar-refractivity contribution in [3.63, 3.8) is 0 Å². The minimum Gasteiger partial charge on any atom is -0.355 e. The van der Waals surface area contributed by atoms with Crippen molar-refractivity contribution in [2.24, 2.45) is 0 Å². The van der Waals surface area contributed by atoms with Crippen LogP contribution in [-0.4, -0.2) is 0 Å². The van der Waals surface area contributed by atoms with E-state index >= 15 is 0 Å². The Morgan fingerprint density at radius 3 is 1.01 bits per heavy atom. The molecule has 0 aromatic heterocycles. The third-order valence-corrected chi connectivity index (χ3v) is 19.6. The summed E-state index contributed by atoms with van der Waals surface area (Å²) in [5, 5.41) is 26.5. The number of fused-ring (bicyclic) bond motifs is 3. The number of anilines is 8. The standard InChI is InChI=1S/C52H40N2.C18H17N.C16H8Br2/c1-33-15-19-37-21-17-35(3)51(45(37)31-33)53(41-11-7-5-8-12-41)47-29-25-39-24-28-44-48(30-26-40-23-27-43(47)49(39)50(40)44)54(42-13-9-6-10-14-42)52-36(4)18-22-38-20-16-34(2)32-46(38)52;1-13-8-10-15-11-9-14(2)18(17(15)12-13)19-16-6-4-3-5-7-16;17-13-8-4-10-2-6-12-14(18)7-3-9-1-5-11(13)16(10)15(9)12/h5-32H,1-4H3;3-12,19H,1-2H3;1-8H. The van der Waals surface area contributed by atoms with Crippen LogP contribution in [0.2, 0.25) is 0 Å². The molecule has 91 heavy (non-hydrogen) atoms. The molecule has 17 rings (SSSR count). The smallest absolute Gasteiger partial charge is 0.0569 e. The molecule has 0 aliphatic rings. The van der Waals surface area contributed by atoms with Crippen LogP contribution in [0, 0.1) is 41.5 Å². The van der Waals surface area contributed by atoms with Gasteiger partial charge in [0.25, 0.3) is 0 Å². The Morgan fingerprint density at radius 1 is 0.264 bits per heavy atom. The van der Waals surface area contributed by atoms with Gasteiger partial charge in [-0.05, 0) is 207 Å². The number of hydrogen-bond acceptors (Lipinski definition) is 3. The Bertz CT molecular complexity index is 5310. The van der Waals surface area contributed by atoms with Gasteiger partial charge in [0.2, 0.25) is 0 Å². The largest absolute Gasteiger partial charge is 0.355 e. The van der Waals surface area contributed by atoms with Crippen molar-refractivity contribution in [2.75, 3.05) is 15.1 Å². The van der Waals surface area contributed by atoms with E-state index in [4.69, 9.17) is 0 Å². The number of rotatable bonds is 8. The maximum absolute atomic E-state index is 3.65. The van der Waals surface area contributed by atoms with Gasteiger partial charge in [0.1, 0.15) is 0 Å². The summed E-state index contributed by atoms with van der Waals surface area (Å²) in [4.78, 5) is 4.98. The average Bonchev–Trinajstić information content (AvgIpc) is 0.795. The SMILES string of the molecule is Brc1ccc2ccc3c(Br)ccc4ccc1c2c43.Cc1ccc2ccc(C)c(N(c3ccccc3)c3ccc4ccc5c(N(c6ccccc6)c6c(C)ccc7ccc(C)cc67)ccc6ccc3c4c65)c2c1.Cc1ccc2ccc(C)c(Nc3ccccc3)c2c1. The predicted octanol–water partition coefficient (Wildman–Crippen LogP) is 26.4. The molecular weight excluding hydrogens is 1230 g/mol. The van der Waals surface area contributed by atoms with Gasteiger partial charge in [-0.1, -0.05) is 249 Å². The summed E-state index contributed by atoms with van der Waals surface area (Å²) in [7, 11) is 0. The molecule has 17 aromatic carbocycles. The Hall–Kier alpha value is -10.0. The molecule has 0 spiro atoms. The van der Waals surface area contributed by atoms with Crippen LogP contribution in [0.3, 0.4) is 0 Å². The Balaban J connectivity index is 0.000000150. The molecule has 0 fully saturated rings. The molecule has 0 radical (unpaired) electrons. The van der Waals surface area contributed by atoms with Gasteiger partial charge in [0, 0.05) is 58.6 Å². The summed E-state index contributed by atoms with van der Waals surface area (Å²) < 4.78 is 2.31. The molecule has 0 saturated heterocycles. The van der Waals surface area contributed by atoms with Crippen LogP contribution in [0.25, 0.3) is 97.0 Å². The normalized spacial score (nSPS) is 11.5. The van der Waals surface area contributed by atoms with E-state index in [1.165, 1.54) is 159 Å². The highest BCUT2D eigenvalue weighted by Gasteiger charge is 2.25. The van der Waals surface area contributed by atoms with Gasteiger partial charge in [-0.15, -0.1) is 0 Å². The maximum Gasteiger partial charge on any atom is 0.0569 e. The number of nitrogens with one attached hydrogen (secondary N) is 1. The molecule has 0 bridgehead atoms. The molecule has 17 aromatic rings. The van der Waals surface area contributed by atoms with Gasteiger partial charge in [0.05, 0.1) is 22.7 Å². The summed E-state index contributed by atoms with van der Waals surface area (Å²) in [6.07, 6.45) is 0. The first-order valence-corrected chi connectivity index (χ1v) is 32.8. The van der Waals surface area contributed by atoms with Crippen LogP contribution >= 0.6 is 31.9 Å². The summed E-state index contributed by atoms with van der Waals surface area (Å²) in [6, 6.07) is 102. The lowest BCUT2D eigenvalue weighted by Crippen LogP contribution is -2.13. The first-order chi connectivity index (χ1) is 44.4. The average molecular weight is 1300 g/mol. The Labute approximate surface area is 548 Å². The van der Waals surface area contributed by atoms with E-state index in [-0.39, 0.29) is 0 Å². The van der Waals surface area contributed by atoms with E-state index in [2.05, 4.69) is 349 Å². The fraction of sp³-hybridized carbons (Fsp3) is 0.0698. The zero-order chi connectivity index (χ0) is 62.0. The van der Waals surface area contributed by atoms with E-state index in [0.29, 0.717) is 0 Å². The predicted molar refractivity (Wildman–Crippen MR) is 402 cm³/mol. The molecule has 0 aliphatic carbocycles. The van der Waals surface area contributed by atoms with Crippen LogP contribution in [-0.2, 0) is 0 Å². The lowest BCUT2D eigenvalue weighted by molar-refractivity contribution is 1.28. The Kier molecular flexibility index (Phi) is 15.0.